The summed E-state index contributed by atoms with van der Waals surface area (Å²) >= 11 is 4.83. The number of benzene rings is 2. The fourth-order valence-corrected chi connectivity index (χ4v) is 1.75. The van der Waals surface area contributed by atoms with Crippen molar-refractivity contribution in [3.8, 4) is 11.5 Å². The zero-order chi connectivity index (χ0) is 13.0. The molecule has 2 N–H and O–H groups in total. The maximum Gasteiger partial charge on any atom is 0.119 e. The van der Waals surface area contributed by atoms with E-state index >= 15 is 0 Å². The van der Waals surface area contributed by atoms with Gasteiger partial charge in [0.1, 0.15) is 11.5 Å². The summed E-state index contributed by atoms with van der Waals surface area (Å²) in [4.78, 5) is 0. The van der Waals surface area contributed by atoms with Gasteiger partial charge in [-0.05, 0) is 28.8 Å². The zero-order valence-corrected chi connectivity index (χ0v) is 10.4. The van der Waals surface area contributed by atoms with Crippen molar-refractivity contribution in [1.82, 2.24) is 0 Å². The summed E-state index contributed by atoms with van der Waals surface area (Å²) in [5.41, 5.74) is 2.77. The Morgan fingerprint density at radius 3 is 1.78 bits per heavy atom. The molecule has 0 aromatic heterocycles. The fraction of sp³-hybridized carbons (Fsp3) is 0. The summed E-state index contributed by atoms with van der Waals surface area (Å²) in [6.07, 6.45) is 3.73. The van der Waals surface area contributed by atoms with Crippen LogP contribution in [-0.2, 0) is 0 Å². The Labute approximate surface area is 111 Å². The maximum atomic E-state index is 9.35. The van der Waals surface area contributed by atoms with Gasteiger partial charge in [-0.15, -0.1) is 0 Å². The molecule has 0 saturated carbocycles. The molecule has 2 rings (SSSR count). The van der Waals surface area contributed by atoms with Crippen LogP contribution in [0, 0.1) is 0 Å². The van der Waals surface area contributed by atoms with Crippen molar-refractivity contribution in [3.63, 3.8) is 0 Å². The summed E-state index contributed by atoms with van der Waals surface area (Å²) < 4.78 is 0. The van der Waals surface area contributed by atoms with Gasteiger partial charge in [0.2, 0.25) is 0 Å². The van der Waals surface area contributed by atoms with Gasteiger partial charge in [-0.3, -0.25) is 0 Å². The minimum absolute atomic E-state index is 0.0469. The van der Waals surface area contributed by atoms with Crippen LogP contribution >= 0.6 is 12.2 Å². The third-order valence-corrected chi connectivity index (χ3v) is 2.74. The van der Waals surface area contributed by atoms with Crippen LogP contribution in [0.15, 0.2) is 42.5 Å². The Hall–Kier alpha value is -2.13. The number of hydrogen-bond acceptors (Lipinski definition) is 3. The van der Waals surface area contributed by atoms with Crippen molar-refractivity contribution >= 4 is 29.7 Å². The standard InChI is InChI=1S/C15H12O2S/c16-14-7-13(8-15(17)9-14)6-3-11-1-4-12(10-18)5-2-11/h1-10,16-17H/b6-3+. The van der Waals surface area contributed by atoms with Gasteiger partial charge in [-0.1, -0.05) is 48.6 Å². The summed E-state index contributed by atoms with van der Waals surface area (Å²) in [6.45, 7) is 0. The van der Waals surface area contributed by atoms with Crippen molar-refractivity contribution in [2.75, 3.05) is 0 Å². The van der Waals surface area contributed by atoms with Crippen LogP contribution < -0.4 is 0 Å². The monoisotopic (exact) mass is 256 g/mol. The van der Waals surface area contributed by atoms with Gasteiger partial charge in [-0.2, -0.15) is 0 Å². The van der Waals surface area contributed by atoms with E-state index in [0.717, 1.165) is 16.7 Å². The van der Waals surface area contributed by atoms with Gasteiger partial charge >= 0.3 is 0 Å². The first-order valence-corrected chi connectivity index (χ1v) is 5.91. The molecule has 0 fully saturated rings. The van der Waals surface area contributed by atoms with Crippen molar-refractivity contribution in [2.45, 2.75) is 0 Å². The predicted octanol–water partition coefficient (Wildman–Crippen LogP) is 3.62. The highest BCUT2D eigenvalue weighted by Crippen LogP contribution is 2.21. The van der Waals surface area contributed by atoms with Crippen molar-refractivity contribution in [1.29, 1.82) is 0 Å². The molecule has 0 amide bonds. The second kappa shape index (κ2) is 5.47. The van der Waals surface area contributed by atoms with Crippen LogP contribution in [0.1, 0.15) is 16.7 Å². The van der Waals surface area contributed by atoms with Gasteiger partial charge in [0, 0.05) is 11.4 Å². The van der Waals surface area contributed by atoms with E-state index in [1.54, 1.807) is 17.5 Å². The molecule has 2 aromatic carbocycles. The topological polar surface area (TPSA) is 40.5 Å². The van der Waals surface area contributed by atoms with Crippen LogP contribution in [-0.4, -0.2) is 15.6 Å². The lowest BCUT2D eigenvalue weighted by Crippen LogP contribution is -1.78. The van der Waals surface area contributed by atoms with Gasteiger partial charge in [0.05, 0.1) is 0 Å². The Bertz CT molecular complexity index is 566. The first-order valence-electron chi connectivity index (χ1n) is 5.44. The lowest BCUT2D eigenvalue weighted by Gasteiger charge is -1.99. The van der Waals surface area contributed by atoms with Crippen LogP contribution in [0.2, 0.25) is 0 Å². The number of rotatable bonds is 3. The second-order valence-corrected chi connectivity index (χ2v) is 4.14. The normalized spacial score (nSPS) is 10.7. The lowest BCUT2D eigenvalue weighted by molar-refractivity contribution is 0.450. The highest BCUT2D eigenvalue weighted by molar-refractivity contribution is 7.79. The van der Waals surface area contributed by atoms with Gasteiger partial charge in [0.15, 0.2) is 0 Å². The molecule has 2 nitrogen and oxygen atoms in total. The lowest BCUT2D eigenvalue weighted by atomic mass is 10.1. The Balaban J connectivity index is 2.21. The largest absolute Gasteiger partial charge is 0.508 e. The molecule has 90 valence electrons. The molecular formula is C15H12O2S. The maximum absolute atomic E-state index is 9.35. The minimum Gasteiger partial charge on any atom is -0.508 e. The molecule has 0 spiro atoms. The smallest absolute Gasteiger partial charge is 0.119 e. The first-order chi connectivity index (χ1) is 8.67. The molecule has 18 heavy (non-hydrogen) atoms. The number of thiocarbonyl (C=S) groups is 1. The SMILES string of the molecule is Oc1cc(O)cc(/C=C/c2ccc(C=S)cc2)c1. The molecule has 0 aliphatic carbocycles. The van der Waals surface area contributed by atoms with E-state index in [2.05, 4.69) is 0 Å². The summed E-state index contributed by atoms with van der Waals surface area (Å²) in [5.74, 6) is 0.0939. The quantitative estimate of drug-likeness (QED) is 0.651. The average molecular weight is 256 g/mol. The first kappa shape index (κ1) is 12.3. The molecule has 2 aromatic rings. The molecule has 3 heteroatoms. The molecular weight excluding hydrogens is 244 g/mol. The highest BCUT2D eigenvalue weighted by Gasteiger charge is 1.95. The third kappa shape index (κ3) is 3.18. The van der Waals surface area contributed by atoms with Crippen LogP contribution in [0.25, 0.3) is 12.2 Å². The van der Waals surface area contributed by atoms with Gasteiger partial charge in [0.25, 0.3) is 0 Å². The number of aromatic hydroxyl groups is 2. The van der Waals surface area contributed by atoms with E-state index in [0.29, 0.717) is 0 Å². The molecule has 0 radical (unpaired) electrons. The third-order valence-electron chi connectivity index (χ3n) is 2.47. The Morgan fingerprint density at radius 2 is 1.22 bits per heavy atom. The van der Waals surface area contributed by atoms with E-state index in [1.807, 2.05) is 36.4 Å². The molecule has 0 saturated heterocycles. The van der Waals surface area contributed by atoms with E-state index in [1.165, 1.54) is 6.07 Å². The van der Waals surface area contributed by atoms with Crippen molar-refractivity contribution in [2.24, 2.45) is 0 Å². The molecule has 0 aliphatic heterocycles. The Kier molecular flexibility index (Phi) is 3.75. The molecule has 0 heterocycles. The van der Waals surface area contributed by atoms with Crippen molar-refractivity contribution < 1.29 is 10.2 Å². The van der Waals surface area contributed by atoms with Crippen molar-refractivity contribution in [3.05, 3.63) is 59.2 Å². The molecule has 0 bridgehead atoms. The average Bonchev–Trinajstić information content (AvgIpc) is 2.36. The number of hydrogen-bond donors (Lipinski definition) is 2. The number of phenols is 2. The van der Waals surface area contributed by atoms with E-state index in [-0.39, 0.29) is 11.5 Å². The van der Waals surface area contributed by atoms with E-state index in [4.69, 9.17) is 12.2 Å². The highest BCUT2D eigenvalue weighted by atomic mass is 32.1. The summed E-state index contributed by atoms with van der Waals surface area (Å²) in [6, 6.07) is 12.3. The van der Waals surface area contributed by atoms with Gasteiger partial charge < -0.3 is 10.2 Å². The molecule has 0 unspecified atom stereocenters. The number of phenolic OH excluding ortho intramolecular Hbond substituents is 2. The van der Waals surface area contributed by atoms with Crippen LogP contribution in [0.5, 0.6) is 11.5 Å². The predicted molar refractivity (Wildman–Crippen MR) is 77.9 cm³/mol. The van der Waals surface area contributed by atoms with E-state index < -0.39 is 0 Å². The van der Waals surface area contributed by atoms with Crippen LogP contribution in [0.4, 0.5) is 0 Å². The summed E-state index contributed by atoms with van der Waals surface area (Å²) in [5, 5.41) is 20.3. The molecule has 0 aliphatic rings. The summed E-state index contributed by atoms with van der Waals surface area (Å²) in [7, 11) is 0. The zero-order valence-electron chi connectivity index (χ0n) is 9.58. The second-order valence-electron chi connectivity index (χ2n) is 3.90. The van der Waals surface area contributed by atoms with E-state index in [9.17, 15) is 10.2 Å². The van der Waals surface area contributed by atoms with Gasteiger partial charge in [-0.25, -0.2) is 0 Å². The fourth-order valence-electron chi connectivity index (χ4n) is 1.59. The van der Waals surface area contributed by atoms with Crippen LogP contribution in [0.3, 0.4) is 0 Å². The minimum atomic E-state index is 0.0469. The Morgan fingerprint density at radius 1 is 0.722 bits per heavy atom. The molecule has 0 atom stereocenters.